The second kappa shape index (κ2) is 3.99. The van der Waals surface area contributed by atoms with Gasteiger partial charge in [-0.3, -0.25) is 19.2 Å². The van der Waals surface area contributed by atoms with E-state index in [2.05, 4.69) is 9.88 Å². The van der Waals surface area contributed by atoms with Crippen LogP contribution in [0.3, 0.4) is 0 Å². The number of halogens is 1. The summed E-state index contributed by atoms with van der Waals surface area (Å²) in [6, 6.07) is 1.63. The first-order chi connectivity index (χ1) is 8.16. The van der Waals surface area contributed by atoms with E-state index < -0.39 is 0 Å². The van der Waals surface area contributed by atoms with Gasteiger partial charge in [0.25, 0.3) is 5.56 Å². The summed E-state index contributed by atoms with van der Waals surface area (Å²) in [7, 11) is 0. The topological polar surface area (TPSA) is 58.1 Å². The predicted octanol–water partition coefficient (Wildman–Crippen LogP) is 0.599. The summed E-state index contributed by atoms with van der Waals surface area (Å²) in [6.45, 7) is 2.06. The third-order valence-corrected chi connectivity index (χ3v) is 4.04. The van der Waals surface area contributed by atoms with Gasteiger partial charge in [0.1, 0.15) is 5.15 Å². The van der Waals surface area contributed by atoms with E-state index in [0.29, 0.717) is 6.04 Å². The van der Waals surface area contributed by atoms with E-state index >= 15 is 0 Å². The second-order valence-electron chi connectivity index (χ2n) is 4.73. The van der Waals surface area contributed by atoms with Crippen molar-refractivity contribution in [2.45, 2.75) is 31.3 Å². The summed E-state index contributed by atoms with van der Waals surface area (Å²) in [5, 5.41) is 0.109. The van der Waals surface area contributed by atoms with Crippen LogP contribution in [0.2, 0.25) is 5.15 Å². The molecule has 0 aromatic carbocycles. The van der Waals surface area contributed by atoms with Crippen molar-refractivity contribution in [3.63, 3.8) is 0 Å². The first-order valence-corrected chi connectivity index (χ1v) is 6.30. The van der Waals surface area contributed by atoms with Crippen LogP contribution in [0.5, 0.6) is 0 Å². The fourth-order valence-corrected chi connectivity index (χ4v) is 3.32. The first kappa shape index (κ1) is 11.0. The molecular weight excluding hydrogens is 242 g/mol. The molecule has 1 N–H and O–H groups in total. The van der Waals surface area contributed by atoms with E-state index in [1.807, 2.05) is 0 Å². The SMILES string of the molecule is O=c1cc(Cl)[nH]c(=O)n1C1CCN2CCCC12. The third kappa shape index (κ3) is 1.73. The Bertz CT molecular complexity index is 519. The lowest BCUT2D eigenvalue weighted by molar-refractivity contribution is 0.284. The summed E-state index contributed by atoms with van der Waals surface area (Å²) in [5.41, 5.74) is -0.682. The van der Waals surface area contributed by atoms with E-state index in [4.69, 9.17) is 11.6 Å². The standard InChI is InChI=1S/C11H14ClN3O2/c12-9-6-10(16)15(11(17)13-9)8-3-5-14-4-1-2-7(8)14/h6-8H,1-5H2,(H,13,17). The highest BCUT2D eigenvalue weighted by Gasteiger charge is 2.39. The lowest BCUT2D eigenvalue weighted by Gasteiger charge is -2.21. The van der Waals surface area contributed by atoms with Crippen LogP contribution >= 0.6 is 11.6 Å². The van der Waals surface area contributed by atoms with Gasteiger partial charge in [0.15, 0.2) is 0 Å². The molecule has 1 aromatic heterocycles. The number of hydrogen-bond acceptors (Lipinski definition) is 3. The maximum absolute atomic E-state index is 11.9. The zero-order valence-corrected chi connectivity index (χ0v) is 10.1. The molecule has 5 nitrogen and oxygen atoms in total. The highest BCUT2D eigenvalue weighted by molar-refractivity contribution is 6.29. The maximum atomic E-state index is 11.9. The Hall–Kier alpha value is -1.07. The van der Waals surface area contributed by atoms with Gasteiger partial charge in [-0.2, -0.15) is 0 Å². The number of aromatic nitrogens is 2. The maximum Gasteiger partial charge on any atom is 0.329 e. The quantitative estimate of drug-likeness (QED) is 0.748. The van der Waals surface area contributed by atoms with Crippen LogP contribution in [-0.4, -0.2) is 33.6 Å². The van der Waals surface area contributed by atoms with Crippen LogP contribution in [0.15, 0.2) is 15.7 Å². The minimum Gasteiger partial charge on any atom is -0.298 e. The van der Waals surface area contributed by atoms with Gasteiger partial charge < -0.3 is 0 Å². The molecule has 0 saturated carbocycles. The number of rotatable bonds is 1. The summed E-state index contributed by atoms with van der Waals surface area (Å²) in [5.74, 6) is 0. The lowest BCUT2D eigenvalue weighted by Crippen LogP contribution is -2.41. The average molecular weight is 256 g/mol. The smallest absolute Gasteiger partial charge is 0.298 e. The molecule has 6 heteroatoms. The third-order valence-electron chi connectivity index (χ3n) is 3.83. The van der Waals surface area contributed by atoms with Crippen molar-refractivity contribution in [1.29, 1.82) is 0 Å². The van der Waals surface area contributed by atoms with Crippen LogP contribution in [0.4, 0.5) is 0 Å². The minimum atomic E-state index is -0.388. The van der Waals surface area contributed by atoms with Crippen LogP contribution < -0.4 is 11.2 Å². The molecule has 2 fully saturated rings. The Balaban J connectivity index is 2.05. The van der Waals surface area contributed by atoms with Gasteiger partial charge in [0.2, 0.25) is 0 Å². The fourth-order valence-electron chi connectivity index (χ4n) is 3.15. The number of fused-ring (bicyclic) bond motifs is 1. The molecule has 3 rings (SSSR count). The Morgan fingerprint density at radius 1 is 1.24 bits per heavy atom. The van der Waals surface area contributed by atoms with E-state index in [0.717, 1.165) is 32.4 Å². The zero-order chi connectivity index (χ0) is 12.0. The monoisotopic (exact) mass is 255 g/mol. The first-order valence-electron chi connectivity index (χ1n) is 5.92. The molecule has 2 unspecified atom stereocenters. The molecule has 2 saturated heterocycles. The number of H-pyrrole nitrogens is 1. The Labute approximate surface area is 103 Å². The second-order valence-corrected chi connectivity index (χ2v) is 5.14. The molecule has 92 valence electrons. The van der Waals surface area contributed by atoms with Crippen molar-refractivity contribution in [1.82, 2.24) is 14.5 Å². The molecule has 0 bridgehead atoms. The van der Waals surface area contributed by atoms with Crippen molar-refractivity contribution < 1.29 is 0 Å². The Morgan fingerprint density at radius 2 is 2.06 bits per heavy atom. The van der Waals surface area contributed by atoms with Gasteiger partial charge >= 0.3 is 5.69 Å². The van der Waals surface area contributed by atoms with Crippen LogP contribution in [0, 0.1) is 0 Å². The Morgan fingerprint density at radius 3 is 2.82 bits per heavy atom. The van der Waals surface area contributed by atoms with Gasteiger partial charge in [-0.1, -0.05) is 11.6 Å². The molecule has 17 heavy (non-hydrogen) atoms. The van der Waals surface area contributed by atoms with E-state index in [1.165, 1.54) is 10.6 Å². The molecule has 2 atom stereocenters. The van der Waals surface area contributed by atoms with Crippen molar-refractivity contribution in [2.24, 2.45) is 0 Å². The van der Waals surface area contributed by atoms with E-state index in [-0.39, 0.29) is 22.4 Å². The van der Waals surface area contributed by atoms with Crippen LogP contribution in [-0.2, 0) is 0 Å². The number of nitrogens with one attached hydrogen (secondary N) is 1. The Kier molecular flexibility index (Phi) is 2.60. The molecule has 0 amide bonds. The number of nitrogens with zero attached hydrogens (tertiary/aromatic N) is 2. The summed E-state index contributed by atoms with van der Waals surface area (Å²) in [6.07, 6.45) is 3.09. The van der Waals surface area contributed by atoms with Crippen LogP contribution in [0.1, 0.15) is 25.3 Å². The number of aromatic amines is 1. The average Bonchev–Trinajstić information content (AvgIpc) is 2.80. The predicted molar refractivity (Wildman–Crippen MR) is 64.6 cm³/mol. The van der Waals surface area contributed by atoms with Crippen molar-refractivity contribution in [3.05, 3.63) is 32.1 Å². The molecule has 0 aliphatic carbocycles. The van der Waals surface area contributed by atoms with Crippen LogP contribution in [0.25, 0.3) is 0 Å². The molecule has 1 aromatic rings. The van der Waals surface area contributed by atoms with Gasteiger partial charge in [0, 0.05) is 18.7 Å². The molecular formula is C11H14ClN3O2. The van der Waals surface area contributed by atoms with Gasteiger partial charge in [-0.15, -0.1) is 0 Å². The summed E-state index contributed by atoms with van der Waals surface area (Å²) in [4.78, 5) is 28.6. The van der Waals surface area contributed by atoms with E-state index in [9.17, 15) is 9.59 Å². The van der Waals surface area contributed by atoms with Crippen molar-refractivity contribution in [2.75, 3.05) is 13.1 Å². The van der Waals surface area contributed by atoms with Gasteiger partial charge in [0.05, 0.1) is 6.04 Å². The van der Waals surface area contributed by atoms with Crippen molar-refractivity contribution >= 4 is 11.6 Å². The molecule has 0 spiro atoms. The zero-order valence-electron chi connectivity index (χ0n) is 9.36. The van der Waals surface area contributed by atoms with Gasteiger partial charge in [-0.05, 0) is 25.8 Å². The molecule has 0 radical (unpaired) electrons. The van der Waals surface area contributed by atoms with E-state index in [1.54, 1.807) is 0 Å². The summed E-state index contributed by atoms with van der Waals surface area (Å²) >= 11 is 5.66. The summed E-state index contributed by atoms with van der Waals surface area (Å²) < 4.78 is 1.34. The molecule has 2 aliphatic heterocycles. The van der Waals surface area contributed by atoms with Gasteiger partial charge in [-0.25, -0.2) is 4.79 Å². The van der Waals surface area contributed by atoms with Crippen molar-refractivity contribution in [3.8, 4) is 0 Å². The highest BCUT2D eigenvalue weighted by Crippen LogP contribution is 2.34. The minimum absolute atomic E-state index is 0.00557. The lowest BCUT2D eigenvalue weighted by atomic mass is 10.1. The normalized spacial score (nSPS) is 28.5. The molecule has 3 heterocycles. The highest BCUT2D eigenvalue weighted by atomic mass is 35.5. The fraction of sp³-hybridized carbons (Fsp3) is 0.636. The molecule has 2 aliphatic rings. The largest absolute Gasteiger partial charge is 0.329 e. The number of hydrogen-bond donors (Lipinski definition) is 1.